The maximum atomic E-state index is 12.0. The van der Waals surface area contributed by atoms with E-state index < -0.39 is 11.9 Å². The number of carboxylic acid groups (broad SMARTS) is 1. The van der Waals surface area contributed by atoms with Gasteiger partial charge in [-0.2, -0.15) is 0 Å². The number of hydrogen-bond donors (Lipinski definition) is 2. The molecule has 3 N–H and O–H groups in total. The molecule has 3 aromatic heterocycles. The molecule has 34 heavy (non-hydrogen) atoms. The summed E-state index contributed by atoms with van der Waals surface area (Å²) in [7, 11) is 1.62. The maximum Gasteiger partial charge on any atom is 0.337 e. The van der Waals surface area contributed by atoms with Crippen molar-refractivity contribution in [3.05, 3.63) is 71.1 Å². The van der Waals surface area contributed by atoms with Crippen LogP contribution in [-0.2, 0) is 11.2 Å². The number of amides is 1. The van der Waals surface area contributed by atoms with Gasteiger partial charge in [0, 0.05) is 35.5 Å². The second-order valence-electron chi connectivity index (χ2n) is 7.91. The van der Waals surface area contributed by atoms with Gasteiger partial charge in [-0.15, -0.1) is 11.3 Å². The fourth-order valence-electron chi connectivity index (χ4n) is 4.06. The van der Waals surface area contributed by atoms with Crippen LogP contribution in [0.25, 0.3) is 22.0 Å². The Balaban J connectivity index is 1.77. The van der Waals surface area contributed by atoms with E-state index in [1.54, 1.807) is 32.4 Å². The van der Waals surface area contributed by atoms with E-state index in [0.29, 0.717) is 29.9 Å². The van der Waals surface area contributed by atoms with Crippen LogP contribution in [0.5, 0.6) is 5.75 Å². The predicted octanol–water partition coefficient (Wildman–Crippen LogP) is 4.94. The van der Waals surface area contributed by atoms with Crippen LogP contribution in [0.2, 0.25) is 0 Å². The monoisotopic (exact) mass is 479 g/mol. The zero-order chi connectivity index (χ0) is 24.2. The molecule has 0 aliphatic rings. The molecular weight excluding hydrogens is 454 g/mol. The van der Waals surface area contributed by atoms with Gasteiger partial charge in [-0.05, 0) is 55.8 Å². The lowest BCUT2D eigenvalue weighted by Gasteiger charge is -2.22. The zero-order valence-electron chi connectivity index (χ0n) is 18.9. The number of methoxy groups -OCH3 is 1. The molecule has 0 fully saturated rings. The average molecular weight is 480 g/mol. The number of aromatic carboxylic acids is 1. The number of hydrogen-bond acceptors (Lipinski definition) is 6. The van der Waals surface area contributed by atoms with Gasteiger partial charge >= 0.3 is 5.97 Å². The lowest BCUT2D eigenvalue weighted by atomic mass is 10.0. The Labute approximate surface area is 200 Å². The Kier molecular flexibility index (Phi) is 6.83. The highest BCUT2D eigenvalue weighted by Gasteiger charge is 2.26. The Hall–Kier alpha value is -3.85. The van der Waals surface area contributed by atoms with Gasteiger partial charge in [0.05, 0.1) is 30.3 Å². The topological polar surface area (TPSA) is 121 Å². The number of nitrogens with zero attached hydrogens (tertiary/aromatic N) is 2. The Bertz CT molecular complexity index is 1290. The third kappa shape index (κ3) is 4.89. The van der Waals surface area contributed by atoms with Crippen LogP contribution in [0.15, 0.2) is 58.5 Å². The van der Waals surface area contributed by atoms with Crippen LogP contribution in [-0.4, -0.2) is 33.6 Å². The number of nitrogens with two attached hydrogens (primary N) is 1. The van der Waals surface area contributed by atoms with Crippen LogP contribution in [0.1, 0.15) is 40.7 Å². The lowest BCUT2D eigenvalue weighted by molar-refractivity contribution is -0.118. The van der Waals surface area contributed by atoms with Crippen molar-refractivity contribution < 1.29 is 23.8 Å². The number of rotatable bonds is 10. The number of aromatic nitrogens is 2. The molecule has 1 unspecified atom stereocenters. The molecule has 0 radical (unpaired) electrons. The summed E-state index contributed by atoms with van der Waals surface area (Å²) in [6.07, 6.45) is 2.68. The molecule has 1 amide bonds. The van der Waals surface area contributed by atoms with Crippen LogP contribution >= 0.6 is 11.3 Å². The molecule has 0 saturated heterocycles. The minimum absolute atomic E-state index is 0.166. The first kappa shape index (κ1) is 23.3. The van der Waals surface area contributed by atoms with Gasteiger partial charge < -0.3 is 24.6 Å². The molecule has 0 aliphatic heterocycles. The summed E-state index contributed by atoms with van der Waals surface area (Å²) in [4.78, 5) is 28.4. The summed E-state index contributed by atoms with van der Waals surface area (Å²) in [6, 6.07) is 12.7. The molecule has 4 rings (SSSR count). The molecular formula is C25H25N3O5S. The number of ether oxygens (including phenoxy) is 1. The lowest BCUT2D eigenvalue weighted by Crippen LogP contribution is -2.19. The molecule has 3 heterocycles. The molecule has 0 bridgehead atoms. The molecule has 9 heteroatoms. The number of carbonyl (C=O) groups excluding carboxylic acids is 1. The van der Waals surface area contributed by atoms with E-state index in [1.807, 2.05) is 40.3 Å². The highest BCUT2D eigenvalue weighted by atomic mass is 32.1. The summed E-state index contributed by atoms with van der Waals surface area (Å²) in [5, 5.41) is 12.5. The molecule has 0 saturated carbocycles. The van der Waals surface area contributed by atoms with E-state index >= 15 is 0 Å². The molecule has 8 nitrogen and oxygen atoms in total. The number of carbonyl (C=O) groups is 2. The fourth-order valence-corrected chi connectivity index (χ4v) is 4.88. The summed E-state index contributed by atoms with van der Waals surface area (Å²) < 4.78 is 12.7. The van der Waals surface area contributed by atoms with Crippen LogP contribution < -0.4 is 10.5 Å². The molecule has 4 aromatic rings. The summed E-state index contributed by atoms with van der Waals surface area (Å²) in [5.41, 5.74) is 8.49. The normalized spacial score (nSPS) is 11.9. The SMILES string of the molecule is COc1ccc(-c2nc(-c3cc(C(=O)O)c(C)n3C(CCC(N)=O)Cc3ccco3)cs2)cc1. The predicted molar refractivity (Wildman–Crippen MR) is 129 cm³/mol. The fraction of sp³-hybridized carbons (Fsp3) is 0.240. The first-order chi connectivity index (χ1) is 16.4. The van der Waals surface area contributed by atoms with Crippen molar-refractivity contribution in [3.8, 4) is 27.7 Å². The zero-order valence-corrected chi connectivity index (χ0v) is 19.7. The Morgan fingerprint density at radius 3 is 2.65 bits per heavy atom. The Morgan fingerprint density at radius 1 is 1.26 bits per heavy atom. The van der Waals surface area contributed by atoms with Gasteiger partial charge in [-0.25, -0.2) is 9.78 Å². The van der Waals surface area contributed by atoms with E-state index in [9.17, 15) is 14.7 Å². The van der Waals surface area contributed by atoms with E-state index in [-0.39, 0.29) is 18.0 Å². The van der Waals surface area contributed by atoms with Crippen molar-refractivity contribution in [1.82, 2.24) is 9.55 Å². The van der Waals surface area contributed by atoms with Gasteiger partial charge in [0.15, 0.2) is 0 Å². The number of benzene rings is 1. The number of furan rings is 1. The minimum Gasteiger partial charge on any atom is -0.497 e. The van der Waals surface area contributed by atoms with Crippen LogP contribution in [0, 0.1) is 6.92 Å². The minimum atomic E-state index is -1.02. The van der Waals surface area contributed by atoms with Crippen molar-refractivity contribution >= 4 is 23.2 Å². The van der Waals surface area contributed by atoms with Crippen molar-refractivity contribution in [2.45, 2.75) is 32.2 Å². The maximum absolute atomic E-state index is 12.0. The highest BCUT2D eigenvalue weighted by Crippen LogP contribution is 2.36. The molecule has 0 aliphatic carbocycles. The standard InChI is InChI=1S/C25H25N3O5S/c1-15-20(25(30)31)13-22(21-14-34-24(27-21)16-5-8-18(32-2)9-6-16)28(15)17(7-10-23(26)29)12-19-4-3-11-33-19/h3-6,8-9,11,13-14,17H,7,10,12H2,1-2H3,(H2,26,29)(H,30,31). The Morgan fingerprint density at radius 2 is 2.03 bits per heavy atom. The first-order valence-electron chi connectivity index (χ1n) is 10.7. The van der Waals surface area contributed by atoms with Crippen LogP contribution in [0.4, 0.5) is 0 Å². The van der Waals surface area contributed by atoms with Crippen molar-refractivity contribution in [2.75, 3.05) is 7.11 Å². The second-order valence-corrected chi connectivity index (χ2v) is 8.77. The molecule has 1 atom stereocenters. The third-order valence-corrected chi connectivity index (χ3v) is 6.62. The number of primary amides is 1. The smallest absolute Gasteiger partial charge is 0.337 e. The molecule has 1 aromatic carbocycles. The van der Waals surface area contributed by atoms with Crippen LogP contribution in [0.3, 0.4) is 0 Å². The molecule has 0 spiro atoms. The van der Waals surface area contributed by atoms with Crippen molar-refractivity contribution in [2.24, 2.45) is 5.73 Å². The van der Waals surface area contributed by atoms with E-state index in [4.69, 9.17) is 19.9 Å². The van der Waals surface area contributed by atoms with Gasteiger partial charge in [0.25, 0.3) is 0 Å². The van der Waals surface area contributed by atoms with Gasteiger partial charge in [-0.3, -0.25) is 4.79 Å². The first-order valence-corrected chi connectivity index (χ1v) is 11.6. The second kappa shape index (κ2) is 9.96. The largest absolute Gasteiger partial charge is 0.497 e. The van der Waals surface area contributed by atoms with E-state index in [0.717, 1.165) is 22.1 Å². The van der Waals surface area contributed by atoms with Gasteiger partial charge in [0.1, 0.15) is 16.5 Å². The summed E-state index contributed by atoms with van der Waals surface area (Å²) in [5.74, 6) is 0.0633. The summed E-state index contributed by atoms with van der Waals surface area (Å²) in [6.45, 7) is 1.77. The quantitative estimate of drug-likeness (QED) is 0.332. The van der Waals surface area contributed by atoms with Gasteiger partial charge in [0.2, 0.25) is 5.91 Å². The summed E-state index contributed by atoms with van der Waals surface area (Å²) >= 11 is 1.47. The average Bonchev–Trinajstić information content (AvgIpc) is 3.57. The van der Waals surface area contributed by atoms with E-state index in [2.05, 4.69) is 0 Å². The number of thiazole rings is 1. The third-order valence-electron chi connectivity index (χ3n) is 5.73. The van der Waals surface area contributed by atoms with Crippen molar-refractivity contribution in [3.63, 3.8) is 0 Å². The van der Waals surface area contributed by atoms with Crippen molar-refractivity contribution in [1.29, 1.82) is 0 Å². The molecule has 176 valence electrons. The highest BCUT2D eigenvalue weighted by molar-refractivity contribution is 7.13. The van der Waals surface area contributed by atoms with Gasteiger partial charge in [-0.1, -0.05) is 0 Å². The van der Waals surface area contributed by atoms with E-state index in [1.165, 1.54) is 11.3 Å². The number of carboxylic acids is 1.